The smallest absolute Gasteiger partial charge is 0.320 e. The summed E-state index contributed by atoms with van der Waals surface area (Å²) in [5.74, 6) is -0.789. The zero-order chi connectivity index (χ0) is 9.42. The van der Waals surface area contributed by atoms with Gasteiger partial charge in [-0.3, -0.25) is 10.1 Å². The lowest BCUT2D eigenvalue weighted by Gasteiger charge is -2.22. The van der Waals surface area contributed by atoms with Crippen LogP contribution in [-0.4, -0.2) is 35.4 Å². The van der Waals surface area contributed by atoms with E-state index in [4.69, 9.17) is 9.84 Å². The molecule has 74 valence electrons. The Balaban J connectivity index is 1.86. The molecule has 0 aliphatic carbocycles. The van der Waals surface area contributed by atoms with Crippen LogP contribution in [0.1, 0.15) is 26.2 Å². The van der Waals surface area contributed by atoms with Crippen LogP contribution >= 0.6 is 0 Å². The highest BCUT2D eigenvalue weighted by atomic mass is 16.5. The normalized spacial score (nSPS) is 39.3. The molecule has 4 nitrogen and oxygen atoms in total. The number of hydrogen-bond donors (Lipinski definition) is 2. The van der Waals surface area contributed by atoms with Crippen LogP contribution in [0.3, 0.4) is 0 Å². The van der Waals surface area contributed by atoms with Gasteiger partial charge in [0, 0.05) is 6.04 Å². The fourth-order valence-electron chi connectivity index (χ4n) is 2.21. The van der Waals surface area contributed by atoms with E-state index in [1.807, 2.05) is 0 Å². The lowest BCUT2D eigenvalue weighted by atomic mass is 9.95. The van der Waals surface area contributed by atoms with Crippen molar-refractivity contribution in [3.8, 4) is 0 Å². The molecule has 0 saturated carbocycles. The van der Waals surface area contributed by atoms with Gasteiger partial charge < -0.3 is 9.84 Å². The maximum atomic E-state index is 10.6. The number of carboxylic acids is 1. The van der Waals surface area contributed by atoms with Crippen molar-refractivity contribution in [1.29, 1.82) is 0 Å². The lowest BCUT2D eigenvalue weighted by Crippen LogP contribution is -2.45. The Labute approximate surface area is 77.3 Å². The van der Waals surface area contributed by atoms with Crippen molar-refractivity contribution < 1.29 is 14.6 Å². The van der Waals surface area contributed by atoms with Crippen molar-refractivity contribution >= 4 is 5.97 Å². The molecule has 2 rings (SSSR count). The van der Waals surface area contributed by atoms with Crippen LogP contribution in [0.15, 0.2) is 0 Å². The zero-order valence-corrected chi connectivity index (χ0v) is 7.69. The van der Waals surface area contributed by atoms with E-state index in [-0.39, 0.29) is 12.1 Å². The average Bonchev–Trinajstić information content (AvgIpc) is 2.64. The maximum Gasteiger partial charge on any atom is 0.320 e. The third-order valence-corrected chi connectivity index (χ3v) is 2.94. The van der Waals surface area contributed by atoms with E-state index in [9.17, 15) is 4.79 Å². The maximum absolute atomic E-state index is 10.6. The molecule has 2 bridgehead atoms. The van der Waals surface area contributed by atoms with Crippen LogP contribution in [0.5, 0.6) is 0 Å². The number of aliphatic carboxylic acids is 1. The monoisotopic (exact) mass is 185 g/mol. The molecule has 0 radical (unpaired) electrons. The van der Waals surface area contributed by atoms with Crippen LogP contribution in [0.25, 0.3) is 0 Å². The van der Waals surface area contributed by atoms with Crippen LogP contribution in [-0.2, 0) is 9.53 Å². The van der Waals surface area contributed by atoms with Gasteiger partial charge in [0.15, 0.2) is 0 Å². The summed E-state index contributed by atoms with van der Waals surface area (Å²) in [7, 11) is 0. The Morgan fingerprint density at radius 1 is 1.62 bits per heavy atom. The SMILES string of the molecule is CC(NC1CC2CCC1O2)C(=O)O. The molecule has 0 aromatic carbocycles. The molecule has 2 saturated heterocycles. The minimum atomic E-state index is -0.789. The highest BCUT2D eigenvalue weighted by Gasteiger charge is 2.41. The molecule has 2 aliphatic heterocycles. The van der Waals surface area contributed by atoms with Crippen LogP contribution in [0.4, 0.5) is 0 Å². The predicted octanol–water partition coefficient (Wildman–Crippen LogP) is 0.369. The lowest BCUT2D eigenvalue weighted by molar-refractivity contribution is -0.139. The van der Waals surface area contributed by atoms with E-state index in [0.29, 0.717) is 6.10 Å². The third kappa shape index (κ3) is 1.69. The summed E-state index contributed by atoms with van der Waals surface area (Å²) in [6, 6.07) is -0.210. The largest absolute Gasteiger partial charge is 0.480 e. The number of carboxylic acid groups (broad SMARTS) is 1. The minimum absolute atomic E-state index is 0.254. The van der Waals surface area contributed by atoms with Crippen molar-refractivity contribution in [3.05, 3.63) is 0 Å². The summed E-state index contributed by atoms with van der Waals surface area (Å²) in [6.07, 6.45) is 3.83. The van der Waals surface area contributed by atoms with Gasteiger partial charge in [-0.15, -0.1) is 0 Å². The molecule has 2 heterocycles. The summed E-state index contributed by atoms with van der Waals surface area (Å²) >= 11 is 0. The quantitative estimate of drug-likeness (QED) is 0.667. The standard InChI is InChI=1S/C9H15NO3/c1-5(9(11)12)10-7-4-6-2-3-8(7)13-6/h5-8,10H,2-4H2,1H3,(H,11,12). The molecule has 0 spiro atoms. The number of hydrogen-bond acceptors (Lipinski definition) is 3. The van der Waals surface area contributed by atoms with Gasteiger partial charge in [0.25, 0.3) is 0 Å². The molecule has 2 fully saturated rings. The van der Waals surface area contributed by atoms with Gasteiger partial charge >= 0.3 is 5.97 Å². The predicted molar refractivity (Wildman–Crippen MR) is 46.5 cm³/mol. The second-order valence-electron chi connectivity index (χ2n) is 3.94. The Morgan fingerprint density at radius 3 is 2.85 bits per heavy atom. The molecule has 4 unspecified atom stereocenters. The first-order chi connectivity index (χ1) is 6.16. The molecule has 4 atom stereocenters. The first-order valence-electron chi connectivity index (χ1n) is 4.81. The highest BCUT2D eigenvalue weighted by molar-refractivity contribution is 5.72. The van der Waals surface area contributed by atoms with Gasteiger partial charge in [-0.25, -0.2) is 0 Å². The fraction of sp³-hybridized carbons (Fsp3) is 0.889. The van der Waals surface area contributed by atoms with Crippen LogP contribution < -0.4 is 5.32 Å². The molecular formula is C9H15NO3. The fourth-order valence-corrected chi connectivity index (χ4v) is 2.21. The van der Waals surface area contributed by atoms with Gasteiger partial charge in [-0.2, -0.15) is 0 Å². The number of nitrogens with one attached hydrogen (secondary N) is 1. The number of carbonyl (C=O) groups is 1. The van der Waals surface area contributed by atoms with Gasteiger partial charge in [0.05, 0.1) is 12.2 Å². The molecule has 2 N–H and O–H groups in total. The van der Waals surface area contributed by atoms with Crippen LogP contribution in [0, 0.1) is 0 Å². The van der Waals surface area contributed by atoms with E-state index in [2.05, 4.69) is 5.32 Å². The Kier molecular flexibility index (Phi) is 2.26. The summed E-state index contributed by atoms with van der Waals surface area (Å²) in [5, 5.41) is 11.8. The molecular weight excluding hydrogens is 170 g/mol. The number of fused-ring (bicyclic) bond motifs is 2. The van der Waals surface area contributed by atoms with E-state index in [1.165, 1.54) is 0 Å². The van der Waals surface area contributed by atoms with Crippen molar-refractivity contribution in [3.63, 3.8) is 0 Å². The highest BCUT2D eigenvalue weighted by Crippen LogP contribution is 2.34. The average molecular weight is 185 g/mol. The Morgan fingerprint density at radius 2 is 2.38 bits per heavy atom. The first-order valence-corrected chi connectivity index (χ1v) is 4.81. The van der Waals surface area contributed by atoms with E-state index < -0.39 is 12.0 Å². The zero-order valence-electron chi connectivity index (χ0n) is 7.69. The number of rotatable bonds is 3. The molecule has 0 aromatic heterocycles. The molecule has 0 aromatic rings. The van der Waals surface area contributed by atoms with Gasteiger partial charge in [-0.05, 0) is 26.2 Å². The number of ether oxygens (including phenoxy) is 1. The molecule has 2 aliphatic rings. The van der Waals surface area contributed by atoms with Gasteiger partial charge in [0.2, 0.25) is 0 Å². The second-order valence-corrected chi connectivity index (χ2v) is 3.94. The second kappa shape index (κ2) is 3.27. The van der Waals surface area contributed by atoms with E-state index >= 15 is 0 Å². The Hall–Kier alpha value is -0.610. The Bertz CT molecular complexity index is 219. The van der Waals surface area contributed by atoms with Crippen molar-refractivity contribution in [1.82, 2.24) is 5.32 Å². The molecule has 13 heavy (non-hydrogen) atoms. The molecule has 0 amide bonds. The van der Waals surface area contributed by atoms with Crippen molar-refractivity contribution in [2.45, 2.75) is 50.5 Å². The van der Waals surface area contributed by atoms with Crippen LogP contribution in [0.2, 0.25) is 0 Å². The van der Waals surface area contributed by atoms with Crippen molar-refractivity contribution in [2.24, 2.45) is 0 Å². The minimum Gasteiger partial charge on any atom is -0.480 e. The summed E-state index contributed by atoms with van der Waals surface area (Å²) in [4.78, 5) is 10.6. The molecule has 4 heteroatoms. The van der Waals surface area contributed by atoms with Crippen molar-refractivity contribution in [2.75, 3.05) is 0 Å². The third-order valence-electron chi connectivity index (χ3n) is 2.94. The topological polar surface area (TPSA) is 58.6 Å². The van der Waals surface area contributed by atoms with Gasteiger partial charge in [-0.1, -0.05) is 0 Å². The van der Waals surface area contributed by atoms with E-state index in [0.717, 1.165) is 19.3 Å². The summed E-state index contributed by atoms with van der Waals surface area (Å²) in [5.41, 5.74) is 0. The van der Waals surface area contributed by atoms with Gasteiger partial charge in [0.1, 0.15) is 6.04 Å². The summed E-state index contributed by atoms with van der Waals surface area (Å²) in [6.45, 7) is 1.67. The summed E-state index contributed by atoms with van der Waals surface area (Å²) < 4.78 is 5.61. The first kappa shape index (κ1) is 8.97. The van der Waals surface area contributed by atoms with E-state index in [1.54, 1.807) is 6.92 Å².